The molecule has 1 heteroatoms. The van der Waals surface area contributed by atoms with Crippen LogP contribution < -0.4 is 5.32 Å². The van der Waals surface area contributed by atoms with Gasteiger partial charge in [-0.2, -0.15) is 0 Å². The van der Waals surface area contributed by atoms with Gasteiger partial charge in [-0.3, -0.25) is 0 Å². The summed E-state index contributed by atoms with van der Waals surface area (Å²) in [6, 6.07) is 1.59. The van der Waals surface area contributed by atoms with Crippen molar-refractivity contribution in [3.63, 3.8) is 0 Å². The molecular weight excluding hydrogens is 230 g/mol. The van der Waals surface area contributed by atoms with E-state index in [9.17, 15) is 0 Å². The van der Waals surface area contributed by atoms with Crippen LogP contribution in [0.3, 0.4) is 0 Å². The summed E-state index contributed by atoms with van der Waals surface area (Å²) >= 11 is 0. The second-order valence-corrected chi connectivity index (χ2v) is 9.04. The van der Waals surface area contributed by atoms with E-state index in [1.807, 2.05) is 0 Å². The molecule has 2 aliphatic rings. The Bertz CT molecular complexity index is 287. The lowest BCUT2D eigenvalue weighted by Crippen LogP contribution is -2.37. The molecule has 2 saturated carbocycles. The molecular formula is C18H35N. The normalized spacial score (nSPS) is 36.2. The fourth-order valence-electron chi connectivity index (χ4n) is 4.25. The molecule has 0 aromatic rings. The third-order valence-corrected chi connectivity index (χ3v) is 5.63. The van der Waals surface area contributed by atoms with Crippen LogP contribution in [0.25, 0.3) is 0 Å². The van der Waals surface area contributed by atoms with Crippen LogP contribution in [-0.4, -0.2) is 12.1 Å². The van der Waals surface area contributed by atoms with Gasteiger partial charge in [-0.1, -0.05) is 41.0 Å². The van der Waals surface area contributed by atoms with Crippen LogP contribution in [0.5, 0.6) is 0 Å². The van der Waals surface area contributed by atoms with Gasteiger partial charge in [0.25, 0.3) is 0 Å². The molecule has 0 amide bonds. The third-order valence-electron chi connectivity index (χ3n) is 5.63. The maximum absolute atomic E-state index is 3.99. The number of hydrogen-bond acceptors (Lipinski definition) is 1. The van der Waals surface area contributed by atoms with Crippen LogP contribution in [0.15, 0.2) is 0 Å². The maximum Gasteiger partial charge on any atom is 0.00749 e. The van der Waals surface area contributed by atoms with Gasteiger partial charge < -0.3 is 5.32 Å². The van der Waals surface area contributed by atoms with Crippen LogP contribution >= 0.6 is 0 Å². The summed E-state index contributed by atoms with van der Waals surface area (Å²) in [7, 11) is 0. The molecule has 0 spiro atoms. The van der Waals surface area contributed by atoms with E-state index in [0.717, 1.165) is 18.0 Å². The molecule has 0 aromatic heterocycles. The molecule has 3 atom stereocenters. The van der Waals surface area contributed by atoms with Gasteiger partial charge in [0.15, 0.2) is 0 Å². The molecule has 2 aliphatic carbocycles. The molecule has 0 radical (unpaired) electrons. The first-order chi connectivity index (χ1) is 8.76. The van der Waals surface area contributed by atoms with Gasteiger partial charge in [-0.05, 0) is 61.7 Å². The molecule has 0 bridgehead atoms. The Morgan fingerprint density at radius 2 is 1.63 bits per heavy atom. The molecule has 0 saturated heterocycles. The highest BCUT2D eigenvalue weighted by Crippen LogP contribution is 2.39. The molecule has 2 fully saturated rings. The van der Waals surface area contributed by atoms with Crippen LogP contribution in [0.1, 0.15) is 86.0 Å². The van der Waals surface area contributed by atoms with Gasteiger partial charge in [-0.15, -0.1) is 0 Å². The van der Waals surface area contributed by atoms with E-state index >= 15 is 0 Å². The number of rotatable bonds is 2. The van der Waals surface area contributed by atoms with Crippen LogP contribution in [0, 0.1) is 16.7 Å². The first-order valence-electron chi connectivity index (χ1n) is 8.52. The van der Waals surface area contributed by atoms with Crippen molar-refractivity contribution in [1.29, 1.82) is 0 Å². The smallest absolute Gasteiger partial charge is 0.00749 e. The largest absolute Gasteiger partial charge is 0.311 e. The summed E-state index contributed by atoms with van der Waals surface area (Å²) in [5.74, 6) is 0.930. The molecule has 0 heterocycles. The highest BCUT2D eigenvalue weighted by molar-refractivity contribution is 4.89. The molecule has 0 aliphatic heterocycles. The molecule has 2 rings (SSSR count). The van der Waals surface area contributed by atoms with Crippen LogP contribution in [0.2, 0.25) is 0 Å². The molecule has 1 N–H and O–H groups in total. The molecule has 112 valence electrons. The molecule has 19 heavy (non-hydrogen) atoms. The molecule has 0 aromatic carbocycles. The average molecular weight is 265 g/mol. The number of hydrogen-bond donors (Lipinski definition) is 1. The second kappa shape index (κ2) is 5.76. The summed E-state index contributed by atoms with van der Waals surface area (Å²) in [6.45, 7) is 12.1. The average Bonchev–Trinajstić information content (AvgIpc) is 2.50. The Kier molecular flexibility index (Phi) is 4.65. The van der Waals surface area contributed by atoms with Gasteiger partial charge in [0.05, 0.1) is 0 Å². The fourth-order valence-corrected chi connectivity index (χ4v) is 4.25. The maximum atomic E-state index is 3.99. The van der Waals surface area contributed by atoms with Crippen molar-refractivity contribution in [2.24, 2.45) is 16.7 Å². The van der Waals surface area contributed by atoms with E-state index < -0.39 is 0 Å². The van der Waals surface area contributed by atoms with Crippen molar-refractivity contribution < 1.29 is 0 Å². The lowest BCUT2D eigenvalue weighted by molar-refractivity contribution is 0.213. The van der Waals surface area contributed by atoms with Crippen molar-refractivity contribution in [3.05, 3.63) is 0 Å². The van der Waals surface area contributed by atoms with Crippen molar-refractivity contribution in [2.75, 3.05) is 0 Å². The first kappa shape index (κ1) is 15.4. The molecule has 3 unspecified atom stereocenters. The van der Waals surface area contributed by atoms with E-state index in [0.29, 0.717) is 10.8 Å². The Morgan fingerprint density at radius 3 is 2.21 bits per heavy atom. The fraction of sp³-hybridized carbons (Fsp3) is 1.00. The first-order valence-corrected chi connectivity index (χ1v) is 8.52. The lowest BCUT2D eigenvalue weighted by Gasteiger charge is -2.30. The lowest BCUT2D eigenvalue weighted by atomic mass is 9.76. The topological polar surface area (TPSA) is 12.0 Å². The molecule has 1 nitrogen and oxygen atoms in total. The Hall–Kier alpha value is -0.0400. The van der Waals surface area contributed by atoms with Gasteiger partial charge >= 0.3 is 0 Å². The minimum Gasteiger partial charge on any atom is -0.311 e. The minimum absolute atomic E-state index is 0.504. The van der Waals surface area contributed by atoms with Crippen LogP contribution in [-0.2, 0) is 0 Å². The van der Waals surface area contributed by atoms with Crippen molar-refractivity contribution in [3.8, 4) is 0 Å². The quantitative estimate of drug-likeness (QED) is 0.681. The van der Waals surface area contributed by atoms with Crippen molar-refractivity contribution in [1.82, 2.24) is 5.32 Å². The van der Waals surface area contributed by atoms with Gasteiger partial charge in [0, 0.05) is 12.1 Å². The Labute approximate surface area is 120 Å². The van der Waals surface area contributed by atoms with E-state index in [2.05, 4.69) is 39.9 Å². The van der Waals surface area contributed by atoms with Gasteiger partial charge in [0.1, 0.15) is 0 Å². The summed E-state index contributed by atoms with van der Waals surface area (Å²) in [4.78, 5) is 0. The van der Waals surface area contributed by atoms with Gasteiger partial charge in [0.2, 0.25) is 0 Å². The second-order valence-electron chi connectivity index (χ2n) is 9.04. The van der Waals surface area contributed by atoms with E-state index in [1.54, 1.807) is 0 Å². The Balaban J connectivity index is 1.80. The minimum atomic E-state index is 0.504. The Morgan fingerprint density at radius 1 is 0.895 bits per heavy atom. The number of nitrogens with one attached hydrogen (secondary N) is 1. The third kappa shape index (κ3) is 4.48. The van der Waals surface area contributed by atoms with E-state index in [4.69, 9.17) is 0 Å². The SMILES string of the molecule is CC1(C)CCC(NC2CCCC(C(C)(C)C)CC2)C1. The highest BCUT2D eigenvalue weighted by atomic mass is 15.0. The van der Waals surface area contributed by atoms with Gasteiger partial charge in [-0.25, -0.2) is 0 Å². The summed E-state index contributed by atoms with van der Waals surface area (Å²) in [5, 5.41) is 3.99. The van der Waals surface area contributed by atoms with E-state index in [-0.39, 0.29) is 0 Å². The standard InChI is InChI=1S/C18H35N/c1-17(2,3)14-7-6-8-15(10-9-14)19-16-11-12-18(4,5)13-16/h14-16,19H,6-13H2,1-5H3. The van der Waals surface area contributed by atoms with Crippen LogP contribution in [0.4, 0.5) is 0 Å². The summed E-state index contributed by atoms with van der Waals surface area (Å²) < 4.78 is 0. The van der Waals surface area contributed by atoms with E-state index in [1.165, 1.54) is 51.4 Å². The predicted molar refractivity (Wildman–Crippen MR) is 84.4 cm³/mol. The summed E-state index contributed by atoms with van der Waals surface area (Å²) in [6.07, 6.45) is 11.3. The van der Waals surface area contributed by atoms with Crippen molar-refractivity contribution >= 4 is 0 Å². The summed E-state index contributed by atoms with van der Waals surface area (Å²) in [5.41, 5.74) is 1.08. The predicted octanol–water partition coefficient (Wildman–Crippen LogP) is 5.15. The zero-order valence-corrected chi connectivity index (χ0v) is 13.9. The van der Waals surface area contributed by atoms with Crippen molar-refractivity contribution in [2.45, 2.75) is 98.1 Å². The zero-order chi connectivity index (χ0) is 14.1. The highest BCUT2D eigenvalue weighted by Gasteiger charge is 2.33. The zero-order valence-electron chi connectivity index (χ0n) is 13.9. The monoisotopic (exact) mass is 265 g/mol.